The number of benzene rings is 2. The Morgan fingerprint density at radius 3 is 2.68 bits per heavy atom. The molecule has 0 N–H and O–H groups in total. The molecule has 0 bridgehead atoms. The van der Waals surface area contributed by atoms with E-state index in [-0.39, 0.29) is 17.6 Å². The third kappa shape index (κ3) is 2.80. The van der Waals surface area contributed by atoms with Gasteiger partial charge in [-0.25, -0.2) is 9.37 Å². The summed E-state index contributed by atoms with van der Waals surface area (Å²) in [6, 6.07) is 14.2. The van der Waals surface area contributed by atoms with Gasteiger partial charge in [-0.2, -0.15) is 0 Å². The maximum Gasteiger partial charge on any atom is 0.227 e. The van der Waals surface area contributed by atoms with Gasteiger partial charge in [-0.1, -0.05) is 19.1 Å². The van der Waals surface area contributed by atoms with Crippen molar-refractivity contribution in [1.29, 1.82) is 0 Å². The van der Waals surface area contributed by atoms with Gasteiger partial charge in [-0.05, 0) is 42.8 Å². The van der Waals surface area contributed by atoms with Gasteiger partial charge in [0.25, 0.3) is 0 Å². The number of carbonyl (C=O) groups is 1. The highest BCUT2D eigenvalue weighted by Gasteiger charge is 2.34. The summed E-state index contributed by atoms with van der Waals surface area (Å²) in [6.07, 6.45) is 1.44. The molecular weight excluding hydrogens is 317 g/mol. The molecule has 0 spiro atoms. The van der Waals surface area contributed by atoms with E-state index in [9.17, 15) is 9.18 Å². The lowest BCUT2D eigenvalue weighted by atomic mass is 10.1. The molecule has 3 aromatic rings. The molecule has 1 aliphatic heterocycles. The Kier molecular flexibility index (Phi) is 3.99. The standard InChI is InChI=1S/C20H20FN3O/c1-2-11-23-18-6-4-3-5-17(18)22-20(23)14-12-19(25)24(13-14)16-9-7-15(21)8-10-16/h3-10,14H,2,11-13H2,1H3. The van der Waals surface area contributed by atoms with Crippen LogP contribution >= 0.6 is 0 Å². The highest BCUT2D eigenvalue weighted by Crippen LogP contribution is 2.33. The second-order valence-corrected chi connectivity index (χ2v) is 6.49. The molecule has 1 amide bonds. The van der Waals surface area contributed by atoms with Gasteiger partial charge in [-0.3, -0.25) is 4.79 Å². The van der Waals surface area contributed by atoms with Crippen LogP contribution in [0.3, 0.4) is 0 Å². The van der Waals surface area contributed by atoms with E-state index >= 15 is 0 Å². The van der Waals surface area contributed by atoms with Crippen molar-refractivity contribution in [3.63, 3.8) is 0 Å². The van der Waals surface area contributed by atoms with Crippen molar-refractivity contribution < 1.29 is 9.18 Å². The third-order valence-corrected chi connectivity index (χ3v) is 4.76. The Morgan fingerprint density at radius 1 is 1.16 bits per heavy atom. The van der Waals surface area contributed by atoms with Crippen LogP contribution in [0.25, 0.3) is 11.0 Å². The van der Waals surface area contributed by atoms with Gasteiger partial charge < -0.3 is 9.47 Å². The molecule has 1 atom stereocenters. The maximum atomic E-state index is 13.2. The molecule has 128 valence electrons. The molecule has 5 heteroatoms. The fourth-order valence-corrected chi connectivity index (χ4v) is 3.62. The molecule has 4 rings (SSSR count). The molecule has 2 aromatic carbocycles. The predicted octanol–water partition coefficient (Wildman–Crippen LogP) is 4.11. The lowest BCUT2D eigenvalue weighted by molar-refractivity contribution is -0.117. The van der Waals surface area contributed by atoms with Gasteiger partial charge in [-0.15, -0.1) is 0 Å². The SMILES string of the molecule is CCCn1c(C2CC(=O)N(c3ccc(F)cc3)C2)nc2ccccc21. The minimum Gasteiger partial charge on any atom is -0.328 e. The summed E-state index contributed by atoms with van der Waals surface area (Å²) in [6.45, 7) is 3.61. The highest BCUT2D eigenvalue weighted by molar-refractivity contribution is 5.96. The monoisotopic (exact) mass is 337 g/mol. The zero-order valence-electron chi connectivity index (χ0n) is 14.2. The Bertz CT molecular complexity index is 916. The molecule has 0 aliphatic carbocycles. The second-order valence-electron chi connectivity index (χ2n) is 6.49. The van der Waals surface area contributed by atoms with Gasteiger partial charge >= 0.3 is 0 Å². The first-order valence-corrected chi connectivity index (χ1v) is 8.68. The highest BCUT2D eigenvalue weighted by atomic mass is 19.1. The van der Waals surface area contributed by atoms with Crippen molar-refractivity contribution >= 4 is 22.6 Å². The Morgan fingerprint density at radius 2 is 1.92 bits per heavy atom. The molecule has 1 aliphatic rings. The molecule has 1 saturated heterocycles. The van der Waals surface area contributed by atoms with E-state index in [1.807, 2.05) is 18.2 Å². The summed E-state index contributed by atoms with van der Waals surface area (Å²) < 4.78 is 15.4. The van der Waals surface area contributed by atoms with Crippen LogP contribution in [0.15, 0.2) is 48.5 Å². The van der Waals surface area contributed by atoms with Crippen LogP contribution in [-0.2, 0) is 11.3 Å². The number of halogens is 1. The van der Waals surface area contributed by atoms with Gasteiger partial charge in [0.15, 0.2) is 0 Å². The minimum absolute atomic E-state index is 0.0523. The van der Waals surface area contributed by atoms with E-state index in [1.165, 1.54) is 12.1 Å². The van der Waals surface area contributed by atoms with Crippen LogP contribution in [0.5, 0.6) is 0 Å². The van der Waals surface area contributed by atoms with Gasteiger partial charge in [0.2, 0.25) is 5.91 Å². The van der Waals surface area contributed by atoms with Gasteiger partial charge in [0, 0.05) is 31.1 Å². The zero-order chi connectivity index (χ0) is 17.4. The molecule has 1 aromatic heterocycles. The largest absolute Gasteiger partial charge is 0.328 e. The molecule has 1 fully saturated rings. The average molecular weight is 337 g/mol. The van der Waals surface area contributed by atoms with Crippen LogP contribution in [0.2, 0.25) is 0 Å². The average Bonchev–Trinajstić information content (AvgIpc) is 3.17. The second kappa shape index (κ2) is 6.31. The summed E-state index contributed by atoms with van der Waals surface area (Å²) >= 11 is 0. The predicted molar refractivity (Wildman–Crippen MR) is 96.1 cm³/mol. The Labute approximate surface area is 145 Å². The molecule has 4 nitrogen and oxygen atoms in total. The number of imidazole rings is 1. The summed E-state index contributed by atoms with van der Waals surface area (Å²) in [7, 11) is 0. The van der Waals surface area contributed by atoms with E-state index in [0.717, 1.165) is 35.5 Å². The molecule has 25 heavy (non-hydrogen) atoms. The van der Waals surface area contributed by atoms with Crippen LogP contribution in [0.4, 0.5) is 10.1 Å². The van der Waals surface area contributed by atoms with E-state index in [4.69, 9.17) is 4.98 Å². The number of para-hydroxylation sites is 2. The number of hydrogen-bond acceptors (Lipinski definition) is 2. The molecule has 0 radical (unpaired) electrons. The van der Waals surface area contributed by atoms with E-state index in [0.29, 0.717) is 13.0 Å². The fourth-order valence-electron chi connectivity index (χ4n) is 3.62. The lowest BCUT2D eigenvalue weighted by Gasteiger charge is -2.17. The molecule has 0 saturated carbocycles. The number of fused-ring (bicyclic) bond motifs is 1. The summed E-state index contributed by atoms with van der Waals surface area (Å²) in [5.41, 5.74) is 2.83. The van der Waals surface area contributed by atoms with Crippen molar-refractivity contribution in [2.75, 3.05) is 11.4 Å². The normalized spacial score (nSPS) is 17.6. The summed E-state index contributed by atoms with van der Waals surface area (Å²) in [5, 5.41) is 0. The smallest absolute Gasteiger partial charge is 0.227 e. The van der Waals surface area contributed by atoms with Gasteiger partial charge in [0.05, 0.1) is 11.0 Å². The van der Waals surface area contributed by atoms with E-state index in [2.05, 4.69) is 17.6 Å². The van der Waals surface area contributed by atoms with Crippen LogP contribution in [-0.4, -0.2) is 22.0 Å². The molecule has 1 unspecified atom stereocenters. The lowest BCUT2D eigenvalue weighted by Crippen LogP contribution is -2.24. The van der Waals surface area contributed by atoms with Crippen molar-refractivity contribution in [2.45, 2.75) is 32.2 Å². The fraction of sp³-hybridized carbons (Fsp3) is 0.300. The number of nitrogens with zero attached hydrogens (tertiary/aromatic N) is 3. The molecular formula is C20H20FN3O. The van der Waals surface area contributed by atoms with E-state index < -0.39 is 0 Å². The number of anilines is 1. The zero-order valence-corrected chi connectivity index (χ0v) is 14.2. The van der Waals surface area contributed by atoms with Crippen molar-refractivity contribution in [3.8, 4) is 0 Å². The topological polar surface area (TPSA) is 38.1 Å². The van der Waals surface area contributed by atoms with Crippen LogP contribution < -0.4 is 4.90 Å². The summed E-state index contributed by atoms with van der Waals surface area (Å²) in [4.78, 5) is 19.1. The van der Waals surface area contributed by atoms with Crippen molar-refractivity contribution in [2.24, 2.45) is 0 Å². The number of carbonyl (C=O) groups excluding carboxylic acids is 1. The number of aryl methyl sites for hydroxylation is 1. The number of amides is 1. The first-order valence-electron chi connectivity index (χ1n) is 8.68. The number of aromatic nitrogens is 2. The number of rotatable bonds is 4. The van der Waals surface area contributed by atoms with Crippen molar-refractivity contribution in [3.05, 3.63) is 60.2 Å². The van der Waals surface area contributed by atoms with E-state index in [1.54, 1.807) is 17.0 Å². The Hall–Kier alpha value is -2.69. The maximum absolute atomic E-state index is 13.2. The first kappa shape index (κ1) is 15.8. The van der Waals surface area contributed by atoms with Crippen molar-refractivity contribution in [1.82, 2.24) is 9.55 Å². The third-order valence-electron chi connectivity index (χ3n) is 4.76. The quantitative estimate of drug-likeness (QED) is 0.719. The molecule has 2 heterocycles. The first-order chi connectivity index (χ1) is 12.2. The van der Waals surface area contributed by atoms with Crippen LogP contribution in [0.1, 0.15) is 31.5 Å². The number of hydrogen-bond donors (Lipinski definition) is 0. The Balaban J connectivity index is 1.69. The summed E-state index contributed by atoms with van der Waals surface area (Å²) in [5.74, 6) is 0.793. The van der Waals surface area contributed by atoms with Gasteiger partial charge in [0.1, 0.15) is 11.6 Å². The van der Waals surface area contributed by atoms with Crippen LogP contribution in [0, 0.1) is 5.82 Å². The minimum atomic E-state index is -0.295.